The van der Waals surface area contributed by atoms with Crippen LogP contribution < -0.4 is 4.90 Å². The fourth-order valence-corrected chi connectivity index (χ4v) is 2.68. The van der Waals surface area contributed by atoms with Gasteiger partial charge in [-0.05, 0) is 43.0 Å². The number of aliphatic carboxylic acids is 1. The van der Waals surface area contributed by atoms with Crippen molar-refractivity contribution in [2.24, 2.45) is 0 Å². The number of nitriles is 1. The maximum atomic E-state index is 11.1. The third-order valence-electron chi connectivity index (χ3n) is 3.83. The summed E-state index contributed by atoms with van der Waals surface area (Å²) in [5, 5.41) is 18.5. The van der Waals surface area contributed by atoms with Gasteiger partial charge in [0.25, 0.3) is 0 Å². The molecule has 0 amide bonds. The molecule has 0 spiro atoms. The average molecular weight is 308 g/mol. The van der Waals surface area contributed by atoms with Crippen molar-refractivity contribution in [3.63, 3.8) is 0 Å². The van der Waals surface area contributed by atoms with Crippen LogP contribution in [-0.4, -0.2) is 24.2 Å². The summed E-state index contributed by atoms with van der Waals surface area (Å²) >= 11 is 0. The van der Waals surface area contributed by atoms with E-state index in [-0.39, 0.29) is 6.54 Å². The molecule has 4 heteroatoms. The summed E-state index contributed by atoms with van der Waals surface area (Å²) in [5.74, 6) is -0.872. The van der Waals surface area contributed by atoms with Gasteiger partial charge < -0.3 is 10.0 Å². The highest BCUT2D eigenvalue weighted by molar-refractivity contribution is 5.75. The van der Waals surface area contributed by atoms with Gasteiger partial charge in [0, 0.05) is 12.2 Å². The van der Waals surface area contributed by atoms with Crippen molar-refractivity contribution in [2.45, 2.75) is 19.8 Å². The maximum Gasteiger partial charge on any atom is 0.323 e. The molecule has 0 saturated carbocycles. The molecule has 0 aromatic heterocycles. The van der Waals surface area contributed by atoms with Crippen molar-refractivity contribution in [2.75, 3.05) is 18.0 Å². The zero-order valence-electron chi connectivity index (χ0n) is 13.2. The molecule has 118 valence electrons. The van der Waals surface area contributed by atoms with E-state index in [2.05, 4.69) is 18.2 Å². The lowest BCUT2D eigenvalue weighted by atomic mass is 9.98. The quantitative estimate of drug-likeness (QED) is 0.852. The lowest BCUT2D eigenvalue weighted by Crippen LogP contribution is -2.30. The number of likely N-dealkylation sites (N-methyl/N-ethyl adjacent to an activating group) is 1. The van der Waals surface area contributed by atoms with Gasteiger partial charge in [-0.3, -0.25) is 4.79 Å². The van der Waals surface area contributed by atoms with Gasteiger partial charge in [0.05, 0.1) is 11.6 Å². The fourth-order valence-electron chi connectivity index (χ4n) is 2.68. The summed E-state index contributed by atoms with van der Waals surface area (Å²) in [6, 6.07) is 17.8. The summed E-state index contributed by atoms with van der Waals surface area (Å²) in [7, 11) is 0. The Hall–Kier alpha value is -2.80. The van der Waals surface area contributed by atoms with Gasteiger partial charge in [-0.1, -0.05) is 36.4 Å². The largest absolute Gasteiger partial charge is 0.480 e. The van der Waals surface area contributed by atoms with Crippen molar-refractivity contribution < 1.29 is 9.90 Å². The van der Waals surface area contributed by atoms with Crippen molar-refractivity contribution in [3.05, 3.63) is 65.2 Å². The van der Waals surface area contributed by atoms with Gasteiger partial charge in [0.15, 0.2) is 0 Å². The molecule has 4 nitrogen and oxygen atoms in total. The molecule has 2 aromatic carbocycles. The Kier molecular flexibility index (Phi) is 5.76. The van der Waals surface area contributed by atoms with E-state index in [0.29, 0.717) is 18.5 Å². The molecular formula is C19H20N2O2. The van der Waals surface area contributed by atoms with Gasteiger partial charge >= 0.3 is 5.97 Å². The first kappa shape index (κ1) is 16.6. The van der Waals surface area contributed by atoms with Crippen LogP contribution in [0.3, 0.4) is 0 Å². The molecule has 0 atom stereocenters. The van der Waals surface area contributed by atoms with E-state index in [4.69, 9.17) is 5.11 Å². The molecule has 0 aliphatic rings. The van der Waals surface area contributed by atoms with Crippen molar-refractivity contribution in [1.82, 2.24) is 0 Å². The number of carbonyl (C=O) groups is 1. The predicted octanol–water partition coefficient (Wildman–Crippen LogP) is 3.25. The first-order chi connectivity index (χ1) is 11.2. The van der Waals surface area contributed by atoms with Crippen molar-refractivity contribution in [1.29, 1.82) is 5.26 Å². The third kappa shape index (κ3) is 4.33. The normalized spacial score (nSPS) is 10.1. The van der Waals surface area contributed by atoms with Gasteiger partial charge in [-0.25, -0.2) is 0 Å². The molecule has 0 radical (unpaired) electrons. The SMILES string of the molecule is CCN(CC(=O)O)c1cccc(C#N)c1CCc1ccccc1. The van der Waals surface area contributed by atoms with Crippen LogP contribution in [0, 0.1) is 11.3 Å². The molecule has 2 aromatic rings. The number of carboxylic acids is 1. The molecule has 23 heavy (non-hydrogen) atoms. The van der Waals surface area contributed by atoms with Crippen LogP contribution in [0.25, 0.3) is 0 Å². The Morgan fingerprint density at radius 3 is 2.48 bits per heavy atom. The predicted molar refractivity (Wildman–Crippen MR) is 90.5 cm³/mol. The van der Waals surface area contributed by atoms with E-state index in [0.717, 1.165) is 17.7 Å². The van der Waals surface area contributed by atoms with Crippen LogP contribution in [0.5, 0.6) is 0 Å². The van der Waals surface area contributed by atoms with Crippen LogP contribution >= 0.6 is 0 Å². The highest BCUT2D eigenvalue weighted by Gasteiger charge is 2.15. The van der Waals surface area contributed by atoms with E-state index in [1.807, 2.05) is 37.3 Å². The summed E-state index contributed by atoms with van der Waals surface area (Å²) in [6.07, 6.45) is 1.52. The van der Waals surface area contributed by atoms with Crippen LogP contribution in [0.4, 0.5) is 5.69 Å². The monoisotopic (exact) mass is 308 g/mol. The summed E-state index contributed by atoms with van der Waals surface area (Å²) in [6.45, 7) is 2.44. The summed E-state index contributed by atoms with van der Waals surface area (Å²) in [4.78, 5) is 12.9. The molecule has 0 aliphatic carbocycles. The molecule has 2 rings (SSSR count). The second-order valence-corrected chi connectivity index (χ2v) is 5.31. The van der Waals surface area contributed by atoms with E-state index >= 15 is 0 Å². The Bertz CT molecular complexity index is 705. The first-order valence-electron chi connectivity index (χ1n) is 7.68. The molecule has 0 fully saturated rings. The Morgan fingerprint density at radius 1 is 1.13 bits per heavy atom. The highest BCUT2D eigenvalue weighted by Crippen LogP contribution is 2.25. The molecule has 0 unspecified atom stereocenters. The second kappa shape index (κ2) is 8.00. The van der Waals surface area contributed by atoms with Crippen LogP contribution in [0.15, 0.2) is 48.5 Å². The lowest BCUT2D eigenvalue weighted by molar-refractivity contribution is -0.135. The number of carboxylic acid groups (broad SMARTS) is 1. The van der Waals surface area contributed by atoms with Gasteiger partial charge in [0.2, 0.25) is 0 Å². The second-order valence-electron chi connectivity index (χ2n) is 5.31. The Labute approximate surface area is 136 Å². The number of nitrogens with zero attached hydrogens (tertiary/aromatic N) is 2. The van der Waals surface area contributed by atoms with E-state index in [9.17, 15) is 10.1 Å². The van der Waals surface area contributed by atoms with Crippen molar-refractivity contribution >= 4 is 11.7 Å². The summed E-state index contributed by atoms with van der Waals surface area (Å²) in [5.41, 5.74) is 3.57. The third-order valence-corrected chi connectivity index (χ3v) is 3.83. The Morgan fingerprint density at radius 2 is 1.87 bits per heavy atom. The highest BCUT2D eigenvalue weighted by atomic mass is 16.4. The minimum absolute atomic E-state index is 0.0658. The summed E-state index contributed by atoms with van der Waals surface area (Å²) < 4.78 is 0. The number of hydrogen-bond donors (Lipinski definition) is 1. The molecule has 0 bridgehead atoms. The van der Waals surface area contributed by atoms with Crippen LogP contribution in [0.2, 0.25) is 0 Å². The number of anilines is 1. The number of benzene rings is 2. The van der Waals surface area contributed by atoms with E-state index < -0.39 is 5.97 Å². The standard InChI is InChI=1S/C19H20N2O2/c1-2-21(14-19(22)23)18-10-6-9-16(13-20)17(18)12-11-15-7-4-3-5-8-15/h3-10H,2,11-12,14H2,1H3,(H,22,23). The van der Waals surface area contributed by atoms with Crippen LogP contribution in [0.1, 0.15) is 23.6 Å². The fraction of sp³-hybridized carbons (Fsp3) is 0.263. The average Bonchev–Trinajstić information content (AvgIpc) is 2.58. The minimum Gasteiger partial charge on any atom is -0.480 e. The molecule has 0 heterocycles. The molecule has 1 N–H and O–H groups in total. The Balaban J connectivity index is 2.32. The number of hydrogen-bond acceptors (Lipinski definition) is 3. The minimum atomic E-state index is -0.872. The van der Waals surface area contributed by atoms with Crippen molar-refractivity contribution in [3.8, 4) is 6.07 Å². The molecular weight excluding hydrogens is 288 g/mol. The smallest absolute Gasteiger partial charge is 0.323 e. The van der Waals surface area contributed by atoms with Gasteiger partial charge in [-0.15, -0.1) is 0 Å². The van der Waals surface area contributed by atoms with Gasteiger partial charge in [0.1, 0.15) is 6.54 Å². The zero-order chi connectivity index (χ0) is 16.7. The molecule has 0 saturated heterocycles. The van der Waals surface area contributed by atoms with Crippen LogP contribution in [-0.2, 0) is 17.6 Å². The number of aryl methyl sites for hydroxylation is 1. The molecule has 0 aliphatic heterocycles. The first-order valence-corrected chi connectivity index (χ1v) is 7.68. The number of rotatable bonds is 7. The van der Waals surface area contributed by atoms with E-state index in [1.165, 1.54) is 5.56 Å². The van der Waals surface area contributed by atoms with Gasteiger partial charge in [-0.2, -0.15) is 5.26 Å². The maximum absolute atomic E-state index is 11.1. The van der Waals surface area contributed by atoms with E-state index in [1.54, 1.807) is 11.0 Å². The lowest BCUT2D eigenvalue weighted by Gasteiger charge is -2.24. The topological polar surface area (TPSA) is 64.3 Å². The zero-order valence-corrected chi connectivity index (χ0v) is 13.2.